The molecule has 0 heterocycles. The van der Waals surface area contributed by atoms with Gasteiger partial charge in [-0.3, -0.25) is 9.59 Å². The first-order valence-electron chi connectivity index (χ1n) is 11.9. The van der Waals surface area contributed by atoms with Gasteiger partial charge in [-0.1, -0.05) is 60.2 Å². The van der Waals surface area contributed by atoms with Gasteiger partial charge in [0.1, 0.15) is 13.0 Å². The Kier molecular flexibility index (Phi) is 8.15. The van der Waals surface area contributed by atoms with Gasteiger partial charge < -0.3 is 14.8 Å². The molecule has 4 aromatic rings. The van der Waals surface area contributed by atoms with E-state index in [9.17, 15) is 9.59 Å². The number of nitrogens with one attached hydrogen (secondary N) is 2. The minimum absolute atomic E-state index is 0.338. The van der Waals surface area contributed by atoms with Gasteiger partial charge in [-0.25, -0.2) is 5.43 Å². The molecule has 37 heavy (non-hydrogen) atoms. The van der Waals surface area contributed by atoms with E-state index in [-0.39, 0.29) is 6.42 Å². The van der Waals surface area contributed by atoms with E-state index < -0.39 is 11.8 Å². The van der Waals surface area contributed by atoms with E-state index >= 15 is 0 Å². The lowest BCUT2D eigenvalue weighted by Gasteiger charge is -2.12. The summed E-state index contributed by atoms with van der Waals surface area (Å²) in [4.78, 5) is 24.3. The van der Waals surface area contributed by atoms with Crippen molar-refractivity contribution in [2.24, 2.45) is 5.10 Å². The number of hydrogen-bond donors (Lipinski definition) is 2. The third-order valence-corrected chi connectivity index (χ3v) is 5.83. The maximum Gasteiger partial charge on any atom is 0.249 e. The Morgan fingerprint density at radius 2 is 1.70 bits per heavy atom. The van der Waals surface area contributed by atoms with E-state index in [1.54, 1.807) is 19.2 Å². The SMILES string of the molecule is COc1cc(C=NNC(=O)CC(=O)Nc2ccc(C)cc2C)ccc1OCc1cccc2ccccc12. The molecule has 188 valence electrons. The maximum atomic E-state index is 12.2. The summed E-state index contributed by atoms with van der Waals surface area (Å²) in [5, 5.41) is 9.02. The van der Waals surface area contributed by atoms with Crippen LogP contribution < -0.4 is 20.2 Å². The van der Waals surface area contributed by atoms with Crippen molar-refractivity contribution in [2.75, 3.05) is 12.4 Å². The summed E-state index contributed by atoms with van der Waals surface area (Å²) in [5.41, 5.74) is 6.89. The fraction of sp³-hybridized carbons (Fsp3) is 0.167. The molecule has 0 saturated carbocycles. The van der Waals surface area contributed by atoms with Gasteiger partial charge >= 0.3 is 0 Å². The highest BCUT2D eigenvalue weighted by atomic mass is 16.5. The number of carbonyl (C=O) groups excluding carboxylic acids is 2. The van der Waals surface area contributed by atoms with Crippen LogP contribution in [0, 0.1) is 13.8 Å². The molecule has 0 bridgehead atoms. The van der Waals surface area contributed by atoms with Crippen LogP contribution >= 0.6 is 0 Å². The first kappa shape index (κ1) is 25.4. The predicted octanol–water partition coefficient (Wildman–Crippen LogP) is 5.52. The van der Waals surface area contributed by atoms with Crippen molar-refractivity contribution in [1.29, 1.82) is 0 Å². The van der Waals surface area contributed by atoms with Gasteiger partial charge in [-0.05, 0) is 65.6 Å². The van der Waals surface area contributed by atoms with Crippen molar-refractivity contribution in [3.8, 4) is 11.5 Å². The molecule has 0 unspecified atom stereocenters. The average molecular weight is 496 g/mol. The van der Waals surface area contributed by atoms with Gasteiger partial charge in [0.25, 0.3) is 0 Å². The smallest absolute Gasteiger partial charge is 0.249 e. The molecule has 0 atom stereocenters. The first-order valence-corrected chi connectivity index (χ1v) is 11.9. The number of benzene rings is 4. The molecule has 0 saturated heterocycles. The van der Waals surface area contributed by atoms with Crippen molar-refractivity contribution < 1.29 is 19.1 Å². The number of nitrogens with zero attached hydrogens (tertiary/aromatic N) is 1. The molecule has 7 heteroatoms. The number of aryl methyl sites for hydroxylation is 2. The van der Waals surface area contributed by atoms with E-state index in [0.29, 0.717) is 29.4 Å². The van der Waals surface area contributed by atoms with Crippen LogP contribution in [0.25, 0.3) is 10.8 Å². The molecule has 4 rings (SSSR count). The fourth-order valence-electron chi connectivity index (χ4n) is 3.97. The van der Waals surface area contributed by atoms with Gasteiger partial charge in [-0.2, -0.15) is 5.10 Å². The van der Waals surface area contributed by atoms with E-state index in [1.807, 2.05) is 62.4 Å². The highest BCUT2D eigenvalue weighted by Crippen LogP contribution is 2.29. The number of amides is 2. The summed E-state index contributed by atoms with van der Waals surface area (Å²) >= 11 is 0. The van der Waals surface area contributed by atoms with E-state index in [0.717, 1.165) is 27.5 Å². The van der Waals surface area contributed by atoms with Crippen LogP contribution in [0.15, 0.2) is 84.0 Å². The number of ether oxygens (including phenoxy) is 2. The minimum Gasteiger partial charge on any atom is -0.493 e. The molecule has 0 aliphatic carbocycles. The van der Waals surface area contributed by atoms with Crippen molar-refractivity contribution in [3.63, 3.8) is 0 Å². The Labute approximate surface area is 216 Å². The van der Waals surface area contributed by atoms with Gasteiger partial charge in [0.2, 0.25) is 11.8 Å². The van der Waals surface area contributed by atoms with E-state index in [4.69, 9.17) is 9.47 Å². The largest absolute Gasteiger partial charge is 0.493 e. The molecule has 0 fully saturated rings. The quantitative estimate of drug-likeness (QED) is 0.182. The van der Waals surface area contributed by atoms with Crippen LogP contribution in [-0.4, -0.2) is 25.1 Å². The lowest BCUT2D eigenvalue weighted by molar-refractivity contribution is -0.126. The van der Waals surface area contributed by atoms with Crippen LogP contribution in [0.1, 0.15) is 28.7 Å². The number of methoxy groups -OCH3 is 1. The molecule has 0 radical (unpaired) electrons. The lowest BCUT2D eigenvalue weighted by atomic mass is 10.1. The predicted molar refractivity (Wildman–Crippen MR) is 146 cm³/mol. The summed E-state index contributed by atoms with van der Waals surface area (Å²) in [6.07, 6.45) is 1.14. The Morgan fingerprint density at radius 3 is 2.51 bits per heavy atom. The number of rotatable bonds is 9. The van der Waals surface area contributed by atoms with Crippen LogP contribution in [0.3, 0.4) is 0 Å². The maximum absolute atomic E-state index is 12.2. The molecule has 4 aromatic carbocycles. The van der Waals surface area contributed by atoms with Crippen molar-refractivity contribution in [1.82, 2.24) is 5.43 Å². The van der Waals surface area contributed by atoms with E-state index in [1.165, 1.54) is 6.21 Å². The molecule has 2 amide bonds. The summed E-state index contributed by atoms with van der Waals surface area (Å²) < 4.78 is 11.5. The van der Waals surface area contributed by atoms with Gasteiger partial charge in [0.05, 0.1) is 13.3 Å². The molecular weight excluding hydrogens is 466 g/mol. The molecule has 0 aliphatic rings. The number of hydrazone groups is 1. The van der Waals surface area contributed by atoms with Gasteiger partial charge in [0.15, 0.2) is 11.5 Å². The van der Waals surface area contributed by atoms with Crippen molar-refractivity contribution in [2.45, 2.75) is 26.9 Å². The fourth-order valence-corrected chi connectivity index (χ4v) is 3.97. The Morgan fingerprint density at radius 1 is 0.892 bits per heavy atom. The van der Waals surface area contributed by atoms with Crippen LogP contribution in [-0.2, 0) is 16.2 Å². The van der Waals surface area contributed by atoms with E-state index in [2.05, 4.69) is 34.0 Å². The van der Waals surface area contributed by atoms with Gasteiger partial charge in [0, 0.05) is 5.69 Å². The van der Waals surface area contributed by atoms with Gasteiger partial charge in [-0.15, -0.1) is 0 Å². The second-order valence-electron chi connectivity index (χ2n) is 8.67. The number of fused-ring (bicyclic) bond motifs is 1. The van der Waals surface area contributed by atoms with Crippen molar-refractivity contribution >= 4 is 34.5 Å². The van der Waals surface area contributed by atoms with Crippen LogP contribution in [0.5, 0.6) is 11.5 Å². The van der Waals surface area contributed by atoms with Crippen LogP contribution in [0.4, 0.5) is 5.69 Å². The normalized spacial score (nSPS) is 10.9. The minimum atomic E-state index is -0.513. The topological polar surface area (TPSA) is 89.0 Å². The Hall–Kier alpha value is -4.65. The third kappa shape index (κ3) is 6.73. The molecular formula is C30H29N3O4. The summed E-state index contributed by atoms with van der Waals surface area (Å²) in [7, 11) is 1.57. The molecule has 7 nitrogen and oxygen atoms in total. The highest BCUT2D eigenvalue weighted by molar-refractivity contribution is 6.04. The average Bonchev–Trinajstić information content (AvgIpc) is 2.89. The number of anilines is 1. The zero-order valence-corrected chi connectivity index (χ0v) is 21.1. The third-order valence-electron chi connectivity index (χ3n) is 5.83. The van der Waals surface area contributed by atoms with Crippen molar-refractivity contribution in [3.05, 3.63) is 101 Å². The molecule has 0 aromatic heterocycles. The zero-order valence-electron chi connectivity index (χ0n) is 21.1. The Balaban J connectivity index is 1.32. The summed E-state index contributed by atoms with van der Waals surface area (Å²) in [6.45, 7) is 4.28. The second kappa shape index (κ2) is 11.9. The number of carbonyl (C=O) groups is 2. The highest BCUT2D eigenvalue weighted by Gasteiger charge is 2.11. The second-order valence-corrected chi connectivity index (χ2v) is 8.67. The Bertz CT molecular complexity index is 1460. The molecule has 0 spiro atoms. The number of hydrogen-bond acceptors (Lipinski definition) is 5. The first-order chi connectivity index (χ1) is 17.9. The molecule has 0 aliphatic heterocycles. The monoisotopic (exact) mass is 495 g/mol. The molecule has 2 N–H and O–H groups in total. The van der Waals surface area contributed by atoms with Crippen LogP contribution in [0.2, 0.25) is 0 Å². The standard InChI is InChI=1S/C30H29N3O4/c1-20-11-13-26(21(2)15-20)32-29(34)17-30(35)33-31-18-22-12-14-27(28(16-22)36-3)37-19-24-9-6-8-23-7-4-5-10-25(23)24/h4-16,18H,17,19H2,1-3H3,(H,32,34)(H,33,35). The summed E-state index contributed by atoms with van der Waals surface area (Å²) in [5.74, 6) is 0.220. The lowest BCUT2D eigenvalue weighted by Crippen LogP contribution is -2.24. The summed E-state index contributed by atoms with van der Waals surface area (Å²) in [6, 6.07) is 25.4. The zero-order chi connectivity index (χ0) is 26.2.